The Kier molecular flexibility index (Phi) is 7.56. The van der Waals surface area contributed by atoms with Crippen LogP contribution in [0.3, 0.4) is 0 Å². The average Bonchev–Trinajstić information content (AvgIpc) is 2.66. The van der Waals surface area contributed by atoms with E-state index in [0.717, 1.165) is 45.2 Å². The SMILES string of the molecule is CCC(CC)(CCO)CNC(=O)NC1CCCN(c2ccccc2)C1. The first kappa shape index (κ1) is 19.6. The summed E-state index contributed by atoms with van der Waals surface area (Å²) < 4.78 is 0. The summed E-state index contributed by atoms with van der Waals surface area (Å²) in [6.45, 7) is 6.91. The molecule has 3 N–H and O–H groups in total. The third kappa shape index (κ3) is 5.63. The Bertz CT molecular complexity index is 517. The highest BCUT2D eigenvalue weighted by atomic mass is 16.3. The van der Waals surface area contributed by atoms with Crippen LogP contribution in [0, 0.1) is 5.41 Å². The first-order valence-electron chi connectivity index (χ1n) is 9.57. The summed E-state index contributed by atoms with van der Waals surface area (Å²) in [4.78, 5) is 14.7. The van der Waals surface area contributed by atoms with Crippen molar-refractivity contribution in [1.29, 1.82) is 0 Å². The molecule has 1 aliphatic heterocycles. The first-order chi connectivity index (χ1) is 12.1. The summed E-state index contributed by atoms with van der Waals surface area (Å²) in [6.07, 6.45) is 4.73. The molecule has 0 spiro atoms. The summed E-state index contributed by atoms with van der Waals surface area (Å²) in [6, 6.07) is 10.4. The summed E-state index contributed by atoms with van der Waals surface area (Å²) in [5.74, 6) is 0. The van der Waals surface area contributed by atoms with Gasteiger partial charge in [0, 0.05) is 38.0 Å². The molecule has 25 heavy (non-hydrogen) atoms. The third-order valence-electron chi connectivity index (χ3n) is 5.64. The molecule has 1 saturated heterocycles. The number of piperidine rings is 1. The van der Waals surface area contributed by atoms with Gasteiger partial charge in [-0.3, -0.25) is 0 Å². The zero-order valence-corrected chi connectivity index (χ0v) is 15.6. The lowest BCUT2D eigenvalue weighted by molar-refractivity contribution is 0.162. The van der Waals surface area contributed by atoms with Crippen molar-refractivity contribution < 1.29 is 9.90 Å². The van der Waals surface area contributed by atoms with Gasteiger partial charge >= 0.3 is 6.03 Å². The molecule has 1 atom stereocenters. The number of carbonyl (C=O) groups excluding carboxylic acids is 1. The Labute approximate surface area is 151 Å². The zero-order valence-electron chi connectivity index (χ0n) is 15.6. The molecule has 1 aromatic rings. The van der Waals surface area contributed by atoms with Crippen molar-refractivity contribution >= 4 is 11.7 Å². The molecule has 0 radical (unpaired) electrons. The molecule has 1 fully saturated rings. The van der Waals surface area contributed by atoms with Gasteiger partial charge in [-0.15, -0.1) is 0 Å². The largest absolute Gasteiger partial charge is 0.396 e. The Balaban J connectivity index is 1.83. The first-order valence-corrected chi connectivity index (χ1v) is 9.57. The molecule has 0 aliphatic carbocycles. The van der Waals surface area contributed by atoms with E-state index >= 15 is 0 Å². The Morgan fingerprint density at radius 1 is 1.28 bits per heavy atom. The molecule has 1 heterocycles. The lowest BCUT2D eigenvalue weighted by atomic mass is 9.79. The van der Waals surface area contributed by atoms with Crippen molar-refractivity contribution in [3.63, 3.8) is 0 Å². The highest BCUT2D eigenvalue weighted by Gasteiger charge is 2.27. The lowest BCUT2D eigenvalue weighted by Crippen LogP contribution is -2.52. The lowest BCUT2D eigenvalue weighted by Gasteiger charge is -2.35. The fraction of sp³-hybridized carbons (Fsp3) is 0.650. The van der Waals surface area contributed by atoms with E-state index < -0.39 is 0 Å². The maximum atomic E-state index is 12.3. The van der Waals surface area contributed by atoms with E-state index in [-0.39, 0.29) is 24.1 Å². The van der Waals surface area contributed by atoms with Crippen molar-refractivity contribution in [2.45, 2.75) is 52.0 Å². The summed E-state index contributed by atoms with van der Waals surface area (Å²) in [5, 5.41) is 15.5. The van der Waals surface area contributed by atoms with Crippen LogP contribution >= 0.6 is 0 Å². The van der Waals surface area contributed by atoms with Crippen molar-refractivity contribution in [2.24, 2.45) is 5.41 Å². The number of aliphatic hydroxyl groups is 1. The molecular formula is C20H33N3O2. The van der Waals surface area contributed by atoms with Crippen LogP contribution in [0.2, 0.25) is 0 Å². The number of nitrogens with zero attached hydrogens (tertiary/aromatic N) is 1. The number of amides is 2. The van der Waals surface area contributed by atoms with Crippen molar-refractivity contribution in [3.8, 4) is 0 Å². The van der Waals surface area contributed by atoms with Crippen molar-refractivity contribution in [3.05, 3.63) is 30.3 Å². The quantitative estimate of drug-likeness (QED) is 0.677. The molecule has 1 aromatic carbocycles. The summed E-state index contributed by atoms with van der Waals surface area (Å²) >= 11 is 0. The maximum Gasteiger partial charge on any atom is 0.315 e. The molecule has 0 bridgehead atoms. The molecule has 2 amide bonds. The van der Waals surface area contributed by atoms with Gasteiger partial charge in [0.1, 0.15) is 0 Å². The number of aliphatic hydroxyl groups excluding tert-OH is 1. The fourth-order valence-electron chi connectivity index (χ4n) is 3.65. The number of benzene rings is 1. The van der Waals surface area contributed by atoms with Gasteiger partial charge in [-0.1, -0.05) is 32.0 Å². The van der Waals surface area contributed by atoms with Crippen molar-refractivity contribution in [1.82, 2.24) is 10.6 Å². The van der Waals surface area contributed by atoms with Gasteiger partial charge < -0.3 is 20.6 Å². The predicted molar refractivity (Wildman–Crippen MR) is 103 cm³/mol. The second kappa shape index (κ2) is 9.66. The molecule has 2 rings (SSSR count). The minimum atomic E-state index is -0.0934. The normalized spacial score (nSPS) is 18.0. The third-order valence-corrected chi connectivity index (χ3v) is 5.64. The highest BCUT2D eigenvalue weighted by molar-refractivity contribution is 5.74. The van der Waals surface area contributed by atoms with Crippen LogP contribution in [0.5, 0.6) is 0 Å². The molecular weight excluding hydrogens is 314 g/mol. The van der Waals surface area contributed by atoms with E-state index in [4.69, 9.17) is 0 Å². The Morgan fingerprint density at radius 2 is 2.00 bits per heavy atom. The fourth-order valence-corrected chi connectivity index (χ4v) is 3.65. The van der Waals surface area contributed by atoms with Gasteiger partial charge in [-0.2, -0.15) is 0 Å². The van der Waals surface area contributed by atoms with E-state index in [2.05, 4.69) is 53.6 Å². The van der Waals surface area contributed by atoms with E-state index in [9.17, 15) is 9.90 Å². The second-order valence-corrected chi connectivity index (χ2v) is 7.13. The minimum absolute atomic E-state index is 0.00523. The van der Waals surface area contributed by atoms with Crippen LogP contribution in [-0.2, 0) is 0 Å². The number of rotatable bonds is 8. The van der Waals surface area contributed by atoms with Gasteiger partial charge in [0.15, 0.2) is 0 Å². The topological polar surface area (TPSA) is 64.6 Å². The van der Waals surface area contributed by atoms with Gasteiger partial charge in [-0.25, -0.2) is 4.79 Å². The average molecular weight is 348 g/mol. The number of carbonyl (C=O) groups is 1. The smallest absolute Gasteiger partial charge is 0.315 e. The van der Waals surface area contributed by atoms with E-state index in [1.54, 1.807) is 0 Å². The van der Waals surface area contributed by atoms with Crippen LogP contribution < -0.4 is 15.5 Å². The molecule has 1 unspecified atom stereocenters. The molecule has 5 nitrogen and oxygen atoms in total. The van der Waals surface area contributed by atoms with E-state index in [1.807, 2.05) is 6.07 Å². The van der Waals surface area contributed by atoms with Gasteiger partial charge in [-0.05, 0) is 49.7 Å². The van der Waals surface area contributed by atoms with Gasteiger partial charge in [0.25, 0.3) is 0 Å². The number of nitrogens with one attached hydrogen (secondary N) is 2. The second-order valence-electron chi connectivity index (χ2n) is 7.13. The standard InChI is InChI=1S/C20H33N3O2/c1-3-20(4-2,12-14-24)16-21-19(25)22-17-9-8-13-23(15-17)18-10-6-5-7-11-18/h5-7,10-11,17,24H,3-4,8-9,12-16H2,1-2H3,(H2,21,22,25). The number of hydrogen-bond acceptors (Lipinski definition) is 3. The predicted octanol–water partition coefficient (Wildman–Crippen LogP) is 3.14. The van der Waals surface area contributed by atoms with E-state index in [0.29, 0.717) is 6.54 Å². The minimum Gasteiger partial charge on any atom is -0.396 e. The Morgan fingerprint density at radius 3 is 2.64 bits per heavy atom. The molecule has 140 valence electrons. The number of anilines is 1. The van der Waals surface area contributed by atoms with Crippen LogP contribution in [0.25, 0.3) is 0 Å². The summed E-state index contributed by atoms with van der Waals surface area (Å²) in [5.41, 5.74) is 1.21. The molecule has 1 aliphatic rings. The van der Waals surface area contributed by atoms with Crippen LogP contribution in [0.1, 0.15) is 46.0 Å². The van der Waals surface area contributed by atoms with Crippen LogP contribution in [-0.4, -0.2) is 43.4 Å². The number of urea groups is 1. The van der Waals surface area contributed by atoms with Gasteiger partial charge in [0.2, 0.25) is 0 Å². The molecule has 5 heteroatoms. The monoisotopic (exact) mass is 347 g/mol. The molecule has 0 saturated carbocycles. The number of hydrogen-bond donors (Lipinski definition) is 3. The zero-order chi connectivity index (χ0) is 18.1. The number of para-hydroxylation sites is 1. The molecule has 0 aromatic heterocycles. The highest BCUT2D eigenvalue weighted by Crippen LogP contribution is 2.29. The maximum absolute atomic E-state index is 12.3. The summed E-state index contributed by atoms with van der Waals surface area (Å²) in [7, 11) is 0. The van der Waals surface area contributed by atoms with Crippen molar-refractivity contribution in [2.75, 3.05) is 31.1 Å². The van der Waals surface area contributed by atoms with Crippen LogP contribution in [0.4, 0.5) is 10.5 Å². The van der Waals surface area contributed by atoms with E-state index in [1.165, 1.54) is 5.69 Å². The van der Waals surface area contributed by atoms with Gasteiger partial charge in [0.05, 0.1) is 0 Å². The Hall–Kier alpha value is -1.75. The van der Waals surface area contributed by atoms with Crippen LogP contribution in [0.15, 0.2) is 30.3 Å².